The number of ether oxygens (including phenoxy) is 1. The van der Waals surface area contributed by atoms with Gasteiger partial charge in [-0.05, 0) is 56.5 Å². The van der Waals surface area contributed by atoms with E-state index in [0.717, 1.165) is 29.2 Å². The Bertz CT molecular complexity index is 1180. The third-order valence-electron chi connectivity index (χ3n) is 6.38. The van der Waals surface area contributed by atoms with Gasteiger partial charge in [0.2, 0.25) is 0 Å². The molecule has 1 saturated heterocycles. The van der Waals surface area contributed by atoms with E-state index in [4.69, 9.17) is 27.9 Å². The van der Waals surface area contributed by atoms with Crippen molar-refractivity contribution in [3.8, 4) is 11.4 Å². The van der Waals surface area contributed by atoms with Crippen molar-refractivity contribution in [3.63, 3.8) is 0 Å². The van der Waals surface area contributed by atoms with Crippen molar-refractivity contribution in [3.05, 3.63) is 75.0 Å². The van der Waals surface area contributed by atoms with E-state index in [0.29, 0.717) is 35.1 Å². The van der Waals surface area contributed by atoms with Crippen molar-refractivity contribution >= 4 is 23.2 Å². The molecule has 3 aromatic rings. The van der Waals surface area contributed by atoms with Gasteiger partial charge in [-0.15, -0.1) is 0 Å². The van der Waals surface area contributed by atoms with Crippen LogP contribution in [0.15, 0.2) is 36.5 Å². The molecule has 168 valence electrons. The number of likely N-dealkylation sites (tertiary alicyclic amines) is 1. The number of aryl methyl sites for hydroxylation is 2. The highest BCUT2D eigenvalue weighted by molar-refractivity contribution is 6.35. The van der Waals surface area contributed by atoms with Crippen LogP contribution in [0.5, 0.6) is 5.75 Å². The topological polar surface area (TPSA) is 50.5 Å². The largest absolute Gasteiger partial charge is 0.481 e. The number of fused-ring (bicyclic) bond motifs is 1. The van der Waals surface area contributed by atoms with Crippen LogP contribution in [0.1, 0.15) is 35.2 Å². The van der Waals surface area contributed by atoms with Crippen LogP contribution >= 0.6 is 23.2 Å². The Morgan fingerprint density at radius 1 is 1.19 bits per heavy atom. The molecular weight excluding hydrogens is 452 g/mol. The lowest BCUT2D eigenvalue weighted by Gasteiger charge is -2.30. The molecule has 32 heavy (non-hydrogen) atoms. The van der Waals surface area contributed by atoms with E-state index in [9.17, 15) is 5.11 Å². The van der Waals surface area contributed by atoms with Gasteiger partial charge in [0.1, 0.15) is 11.9 Å². The number of benzene rings is 2. The van der Waals surface area contributed by atoms with E-state index in [-0.39, 0.29) is 17.9 Å². The molecule has 1 aliphatic heterocycles. The number of rotatable bonds is 4. The number of nitrogens with zero attached hydrogens (tertiary/aromatic N) is 3. The number of halogens is 3. The Hall–Kier alpha value is -2.12. The van der Waals surface area contributed by atoms with Crippen LogP contribution in [-0.4, -0.2) is 44.8 Å². The second kappa shape index (κ2) is 8.34. The lowest BCUT2D eigenvalue weighted by Crippen LogP contribution is -2.39. The number of imidazole rings is 1. The molecule has 2 aliphatic rings. The van der Waals surface area contributed by atoms with Crippen LogP contribution in [0.4, 0.5) is 4.39 Å². The molecule has 1 aliphatic carbocycles. The van der Waals surface area contributed by atoms with Gasteiger partial charge in [-0.2, -0.15) is 0 Å². The normalized spacial score (nSPS) is 23.0. The maximum Gasteiger partial charge on any atom is 0.167 e. The summed E-state index contributed by atoms with van der Waals surface area (Å²) in [5, 5.41) is 11.2. The molecule has 5 rings (SSSR count). The fourth-order valence-corrected chi connectivity index (χ4v) is 5.49. The molecule has 5 nitrogen and oxygen atoms in total. The molecule has 2 aromatic carbocycles. The van der Waals surface area contributed by atoms with Gasteiger partial charge in [0, 0.05) is 46.6 Å². The number of hydrogen-bond donors (Lipinski definition) is 1. The van der Waals surface area contributed by atoms with Gasteiger partial charge in [-0.25, -0.2) is 9.37 Å². The van der Waals surface area contributed by atoms with E-state index < -0.39 is 11.9 Å². The fourth-order valence-electron chi connectivity index (χ4n) is 4.90. The Balaban J connectivity index is 1.49. The van der Waals surface area contributed by atoms with Crippen LogP contribution in [0.3, 0.4) is 0 Å². The summed E-state index contributed by atoms with van der Waals surface area (Å²) in [5.74, 6) is 0.509. The van der Waals surface area contributed by atoms with E-state index >= 15 is 4.39 Å². The van der Waals surface area contributed by atoms with E-state index in [1.165, 1.54) is 6.07 Å². The summed E-state index contributed by atoms with van der Waals surface area (Å²) in [6.07, 6.45) is 2.44. The smallest absolute Gasteiger partial charge is 0.167 e. The van der Waals surface area contributed by atoms with Crippen LogP contribution in [0.2, 0.25) is 10.0 Å². The monoisotopic (exact) mass is 475 g/mol. The predicted molar refractivity (Wildman–Crippen MR) is 123 cm³/mol. The molecule has 1 aromatic heterocycles. The van der Waals surface area contributed by atoms with Gasteiger partial charge in [0.25, 0.3) is 0 Å². The number of aromatic nitrogens is 2. The van der Waals surface area contributed by atoms with Crippen molar-refractivity contribution in [1.29, 1.82) is 0 Å². The second-order valence-corrected chi connectivity index (χ2v) is 9.46. The number of β-amino-alcohol motifs (C(OH)–C–C–N with tert-alkyl or cyclic N) is 1. The maximum absolute atomic E-state index is 15.2. The van der Waals surface area contributed by atoms with Crippen LogP contribution < -0.4 is 4.74 Å². The van der Waals surface area contributed by atoms with Crippen molar-refractivity contribution in [1.82, 2.24) is 14.5 Å². The lowest BCUT2D eigenvalue weighted by atomic mass is 10.1. The average Bonchev–Trinajstić information content (AvgIpc) is 3.41. The molecule has 0 saturated carbocycles. The lowest BCUT2D eigenvalue weighted by molar-refractivity contribution is 0.0790. The first-order valence-corrected chi connectivity index (χ1v) is 11.4. The molecule has 0 amide bonds. The molecule has 0 bridgehead atoms. The highest BCUT2D eigenvalue weighted by Crippen LogP contribution is 2.43. The van der Waals surface area contributed by atoms with Crippen molar-refractivity contribution < 1.29 is 14.2 Å². The highest BCUT2D eigenvalue weighted by atomic mass is 35.5. The summed E-state index contributed by atoms with van der Waals surface area (Å²) in [6.45, 7) is 5.10. The zero-order valence-electron chi connectivity index (χ0n) is 17.9. The van der Waals surface area contributed by atoms with E-state index in [1.807, 2.05) is 36.7 Å². The highest BCUT2D eigenvalue weighted by Gasteiger charge is 2.42. The Morgan fingerprint density at radius 3 is 2.66 bits per heavy atom. The first kappa shape index (κ1) is 21.7. The summed E-state index contributed by atoms with van der Waals surface area (Å²) in [5.41, 5.74) is 3.40. The minimum atomic E-state index is -0.449. The molecule has 1 fully saturated rings. The maximum atomic E-state index is 15.2. The predicted octanol–water partition coefficient (Wildman–Crippen LogP) is 5.05. The molecule has 1 unspecified atom stereocenters. The summed E-state index contributed by atoms with van der Waals surface area (Å²) in [7, 11) is 0. The fraction of sp³-hybridized carbons (Fsp3) is 0.375. The second-order valence-electron chi connectivity index (χ2n) is 8.62. The summed E-state index contributed by atoms with van der Waals surface area (Å²) in [4.78, 5) is 6.58. The summed E-state index contributed by atoms with van der Waals surface area (Å²) < 4.78 is 23.3. The molecule has 2 heterocycles. The number of aliphatic hydroxyl groups excluding tert-OH is 1. The molecule has 0 spiro atoms. The van der Waals surface area contributed by atoms with E-state index in [2.05, 4.69) is 9.88 Å². The van der Waals surface area contributed by atoms with Crippen LogP contribution in [-0.2, 0) is 6.42 Å². The minimum Gasteiger partial charge on any atom is -0.481 e. The van der Waals surface area contributed by atoms with Gasteiger partial charge >= 0.3 is 0 Å². The summed E-state index contributed by atoms with van der Waals surface area (Å²) >= 11 is 12.8. The SMILES string of the molecule is Cc1cn(-c2ccc(O[C@H]3c4cc(Cl)cc(Cl)c4C[C@@H]3N3CCC(O)C3)c(F)c2)c(C)n1. The van der Waals surface area contributed by atoms with Gasteiger partial charge in [-0.3, -0.25) is 4.90 Å². The molecular formula is C24H24Cl2FN3O2. The van der Waals surface area contributed by atoms with Crippen molar-refractivity contribution in [2.24, 2.45) is 0 Å². The molecule has 0 radical (unpaired) electrons. The van der Waals surface area contributed by atoms with Crippen LogP contribution in [0, 0.1) is 19.7 Å². The zero-order valence-corrected chi connectivity index (χ0v) is 19.4. The first-order chi connectivity index (χ1) is 15.3. The summed E-state index contributed by atoms with van der Waals surface area (Å²) in [6, 6.07) is 8.45. The number of hydrogen-bond acceptors (Lipinski definition) is 4. The van der Waals surface area contributed by atoms with Crippen LogP contribution in [0.25, 0.3) is 5.69 Å². The Kier molecular flexibility index (Phi) is 5.66. The third-order valence-corrected chi connectivity index (χ3v) is 6.93. The average molecular weight is 476 g/mol. The third kappa shape index (κ3) is 3.90. The van der Waals surface area contributed by atoms with Gasteiger partial charge in [-0.1, -0.05) is 23.2 Å². The molecule has 8 heteroatoms. The number of aliphatic hydroxyl groups is 1. The van der Waals surface area contributed by atoms with Crippen molar-refractivity contribution in [2.75, 3.05) is 13.1 Å². The molecule has 3 atom stereocenters. The Labute approximate surface area is 196 Å². The van der Waals surface area contributed by atoms with Gasteiger partial charge < -0.3 is 14.4 Å². The quantitative estimate of drug-likeness (QED) is 0.573. The van der Waals surface area contributed by atoms with Crippen molar-refractivity contribution in [2.45, 2.75) is 44.9 Å². The van der Waals surface area contributed by atoms with Gasteiger partial charge in [0.05, 0.1) is 17.8 Å². The van der Waals surface area contributed by atoms with E-state index in [1.54, 1.807) is 12.1 Å². The zero-order chi connectivity index (χ0) is 22.6. The Morgan fingerprint density at radius 2 is 2.00 bits per heavy atom. The standard InChI is InChI=1S/C24H24Cl2FN3O2/c1-13-11-30(14(2)28-13)16-3-4-23(21(27)9-16)32-24-19-7-15(25)8-20(26)18(19)10-22(24)29-6-5-17(31)12-29/h3-4,7-9,11,17,22,24,31H,5-6,10,12H2,1-2H3/t17?,22-,24-/m0/s1. The minimum absolute atomic E-state index is 0.0595. The van der Waals surface area contributed by atoms with Gasteiger partial charge in [0.15, 0.2) is 11.6 Å². The first-order valence-electron chi connectivity index (χ1n) is 10.7. The molecule has 1 N–H and O–H groups in total.